The molecular formula is C14H17N3O2. The van der Waals surface area contributed by atoms with E-state index in [0.717, 1.165) is 10.9 Å². The molecule has 0 unspecified atom stereocenters. The Labute approximate surface area is 112 Å². The van der Waals surface area contributed by atoms with E-state index in [1.54, 1.807) is 37.3 Å². The molecule has 0 radical (unpaired) electrons. The van der Waals surface area contributed by atoms with Crippen LogP contribution >= 0.6 is 0 Å². The van der Waals surface area contributed by atoms with E-state index in [0.29, 0.717) is 24.5 Å². The number of pyridine rings is 1. The van der Waals surface area contributed by atoms with Crippen LogP contribution in [-0.2, 0) is 4.79 Å². The average Bonchev–Trinajstić information content (AvgIpc) is 2.41. The smallest absolute Gasteiger partial charge is 0.225 e. The van der Waals surface area contributed by atoms with Gasteiger partial charge in [-0.3, -0.25) is 9.78 Å². The zero-order chi connectivity index (χ0) is 13.8. The molecule has 0 atom stereocenters. The zero-order valence-corrected chi connectivity index (χ0v) is 11.1. The maximum atomic E-state index is 11.5. The summed E-state index contributed by atoms with van der Waals surface area (Å²) in [6.45, 7) is 0.338. The molecule has 0 spiro atoms. The van der Waals surface area contributed by atoms with Crippen molar-refractivity contribution in [3.05, 3.63) is 30.5 Å². The zero-order valence-electron chi connectivity index (χ0n) is 11.1. The average molecular weight is 259 g/mol. The van der Waals surface area contributed by atoms with Gasteiger partial charge in [0.25, 0.3) is 0 Å². The highest BCUT2D eigenvalue weighted by Gasteiger charge is 2.08. The lowest BCUT2D eigenvalue weighted by molar-refractivity contribution is -0.129. The van der Waals surface area contributed by atoms with Crippen molar-refractivity contribution in [2.24, 2.45) is 0 Å². The number of anilines is 1. The number of hydrogen-bond donors (Lipinski definition) is 1. The topological polar surface area (TPSA) is 68.5 Å². The third-order valence-corrected chi connectivity index (χ3v) is 2.83. The van der Waals surface area contributed by atoms with E-state index in [1.807, 2.05) is 12.1 Å². The highest BCUT2D eigenvalue weighted by molar-refractivity contribution is 5.93. The van der Waals surface area contributed by atoms with Crippen LogP contribution < -0.4 is 10.5 Å². The normalized spacial score (nSPS) is 10.4. The van der Waals surface area contributed by atoms with Crippen LogP contribution in [-0.4, -0.2) is 36.5 Å². The van der Waals surface area contributed by atoms with Gasteiger partial charge in [-0.15, -0.1) is 0 Å². The van der Waals surface area contributed by atoms with Gasteiger partial charge in [-0.2, -0.15) is 0 Å². The van der Waals surface area contributed by atoms with Crippen molar-refractivity contribution in [2.75, 3.05) is 26.4 Å². The Kier molecular flexibility index (Phi) is 3.85. The first-order valence-electron chi connectivity index (χ1n) is 6.06. The second-order valence-corrected chi connectivity index (χ2v) is 4.44. The molecule has 0 aliphatic carbocycles. The molecule has 2 aromatic rings. The van der Waals surface area contributed by atoms with E-state index < -0.39 is 0 Å². The van der Waals surface area contributed by atoms with Crippen LogP contribution in [0.25, 0.3) is 10.9 Å². The Balaban J connectivity index is 2.13. The van der Waals surface area contributed by atoms with Crippen LogP contribution in [0.3, 0.4) is 0 Å². The molecule has 1 aromatic carbocycles. The van der Waals surface area contributed by atoms with Crippen molar-refractivity contribution in [3.63, 3.8) is 0 Å². The highest BCUT2D eigenvalue weighted by atomic mass is 16.5. The van der Waals surface area contributed by atoms with E-state index in [-0.39, 0.29) is 5.91 Å². The molecule has 0 fully saturated rings. The van der Waals surface area contributed by atoms with Crippen LogP contribution in [0.4, 0.5) is 5.69 Å². The first kappa shape index (κ1) is 13.1. The van der Waals surface area contributed by atoms with Crippen molar-refractivity contribution in [1.29, 1.82) is 0 Å². The second kappa shape index (κ2) is 5.56. The minimum atomic E-state index is 0.0397. The Hall–Kier alpha value is -2.30. The molecule has 0 aliphatic heterocycles. The van der Waals surface area contributed by atoms with Gasteiger partial charge in [0.2, 0.25) is 5.91 Å². The fourth-order valence-electron chi connectivity index (χ4n) is 1.77. The predicted octanol–water partition coefficient (Wildman–Crippen LogP) is 1.67. The van der Waals surface area contributed by atoms with Crippen LogP contribution in [0.5, 0.6) is 5.75 Å². The molecule has 19 heavy (non-hydrogen) atoms. The van der Waals surface area contributed by atoms with E-state index in [2.05, 4.69) is 4.98 Å². The van der Waals surface area contributed by atoms with E-state index >= 15 is 0 Å². The SMILES string of the molecule is CN(C)C(=O)CCOc1ccc(N)c2ncccc12. The number of carbonyl (C=O) groups is 1. The lowest BCUT2D eigenvalue weighted by atomic mass is 10.2. The molecule has 0 saturated heterocycles. The summed E-state index contributed by atoms with van der Waals surface area (Å²) in [6, 6.07) is 7.30. The lowest BCUT2D eigenvalue weighted by Crippen LogP contribution is -2.23. The highest BCUT2D eigenvalue weighted by Crippen LogP contribution is 2.28. The predicted molar refractivity (Wildman–Crippen MR) is 75.0 cm³/mol. The first-order valence-corrected chi connectivity index (χ1v) is 6.06. The Bertz CT molecular complexity index is 596. The number of hydrogen-bond acceptors (Lipinski definition) is 4. The van der Waals surface area contributed by atoms with Gasteiger partial charge in [-0.25, -0.2) is 0 Å². The van der Waals surface area contributed by atoms with Crippen LogP contribution in [0.1, 0.15) is 6.42 Å². The fourth-order valence-corrected chi connectivity index (χ4v) is 1.77. The van der Waals surface area contributed by atoms with Gasteiger partial charge in [0.15, 0.2) is 0 Å². The number of nitrogens with two attached hydrogens (primary N) is 1. The summed E-state index contributed by atoms with van der Waals surface area (Å²) in [5.74, 6) is 0.738. The number of aromatic nitrogens is 1. The number of ether oxygens (including phenoxy) is 1. The summed E-state index contributed by atoms with van der Waals surface area (Å²) in [4.78, 5) is 17.2. The second-order valence-electron chi connectivity index (χ2n) is 4.44. The number of amides is 1. The Morgan fingerprint density at radius 3 is 2.89 bits per heavy atom. The lowest BCUT2D eigenvalue weighted by Gasteiger charge is -2.12. The summed E-state index contributed by atoms with van der Waals surface area (Å²) < 4.78 is 5.65. The molecule has 5 heteroatoms. The standard InChI is InChI=1S/C14H17N3O2/c1-17(2)13(18)7-9-19-12-6-5-11(15)14-10(12)4-3-8-16-14/h3-6,8H,7,9,15H2,1-2H3. The maximum Gasteiger partial charge on any atom is 0.225 e. The minimum Gasteiger partial charge on any atom is -0.492 e. The molecule has 5 nitrogen and oxygen atoms in total. The molecule has 2 N–H and O–H groups in total. The number of fused-ring (bicyclic) bond motifs is 1. The monoisotopic (exact) mass is 259 g/mol. The number of nitrogens with zero attached hydrogens (tertiary/aromatic N) is 2. The summed E-state index contributed by atoms with van der Waals surface area (Å²) in [5, 5.41) is 0.861. The molecule has 1 amide bonds. The summed E-state index contributed by atoms with van der Waals surface area (Å²) >= 11 is 0. The Morgan fingerprint density at radius 2 is 2.16 bits per heavy atom. The Morgan fingerprint density at radius 1 is 1.37 bits per heavy atom. The summed E-state index contributed by atoms with van der Waals surface area (Å²) in [7, 11) is 3.45. The first-order chi connectivity index (χ1) is 9.09. The third kappa shape index (κ3) is 2.93. The van der Waals surface area contributed by atoms with Gasteiger partial charge in [0.05, 0.1) is 24.2 Å². The van der Waals surface area contributed by atoms with Gasteiger partial charge < -0.3 is 15.4 Å². The van der Waals surface area contributed by atoms with Crippen molar-refractivity contribution in [1.82, 2.24) is 9.88 Å². The maximum absolute atomic E-state index is 11.5. The number of nitrogen functional groups attached to an aromatic ring is 1. The summed E-state index contributed by atoms with van der Waals surface area (Å²) in [5.41, 5.74) is 7.20. The number of benzene rings is 1. The van der Waals surface area contributed by atoms with Gasteiger partial charge in [0.1, 0.15) is 5.75 Å². The van der Waals surface area contributed by atoms with Crippen molar-refractivity contribution >= 4 is 22.5 Å². The third-order valence-electron chi connectivity index (χ3n) is 2.83. The summed E-state index contributed by atoms with van der Waals surface area (Å²) in [6.07, 6.45) is 2.04. The fraction of sp³-hybridized carbons (Fsp3) is 0.286. The molecule has 0 aliphatic rings. The number of rotatable bonds is 4. The van der Waals surface area contributed by atoms with Crippen molar-refractivity contribution in [3.8, 4) is 5.75 Å². The van der Waals surface area contributed by atoms with Crippen molar-refractivity contribution < 1.29 is 9.53 Å². The molecule has 0 saturated carbocycles. The largest absolute Gasteiger partial charge is 0.492 e. The number of carbonyl (C=O) groups excluding carboxylic acids is 1. The molecule has 100 valence electrons. The van der Waals surface area contributed by atoms with Gasteiger partial charge in [-0.1, -0.05) is 0 Å². The van der Waals surface area contributed by atoms with E-state index in [1.165, 1.54) is 0 Å². The van der Waals surface area contributed by atoms with E-state index in [9.17, 15) is 4.79 Å². The quantitative estimate of drug-likeness (QED) is 0.848. The van der Waals surface area contributed by atoms with Gasteiger partial charge in [-0.05, 0) is 24.3 Å². The van der Waals surface area contributed by atoms with Crippen molar-refractivity contribution in [2.45, 2.75) is 6.42 Å². The van der Waals surface area contributed by atoms with Crippen LogP contribution in [0, 0.1) is 0 Å². The molecule has 0 bridgehead atoms. The molecular weight excluding hydrogens is 242 g/mol. The van der Waals surface area contributed by atoms with Crippen LogP contribution in [0.15, 0.2) is 30.5 Å². The van der Waals surface area contributed by atoms with Gasteiger partial charge >= 0.3 is 0 Å². The van der Waals surface area contributed by atoms with Gasteiger partial charge in [0, 0.05) is 25.7 Å². The minimum absolute atomic E-state index is 0.0397. The van der Waals surface area contributed by atoms with Crippen LogP contribution in [0.2, 0.25) is 0 Å². The molecule has 1 heterocycles. The molecule has 2 rings (SSSR count). The van der Waals surface area contributed by atoms with E-state index in [4.69, 9.17) is 10.5 Å². The molecule has 1 aromatic heterocycles.